The first-order chi connectivity index (χ1) is 15.0. The van der Waals surface area contributed by atoms with Gasteiger partial charge in [-0.3, -0.25) is 5.32 Å². The Bertz CT molecular complexity index is 1260. The number of aryl methyl sites for hydroxylation is 1. The molecule has 3 N–H and O–H groups in total. The number of benzene rings is 3. The third kappa shape index (κ3) is 4.56. The van der Waals surface area contributed by atoms with Gasteiger partial charge in [-0.15, -0.1) is 0 Å². The Kier molecular flexibility index (Phi) is 5.66. The van der Waals surface area contributed by atoms with Crippen LogP contribution in [0.15, 0.2) is 66.9 Å². The van der Waals surface area contributed by atoms with Gasteiger partial charge in [0.1, 0.15) is 5.75 Å². The fraction of sp³-hybridized carbons (Fsp3) is 0.125. The van der Waals surface area contributed by atoms with Crippen LogP contribution in [0.25, 0.3) is 22.0 Å². The van der Waals surface area contributed by atoms with Crippen molar-refractivity contribution in [2.24, 2.45) is 0 Å². The van der Waals surface area contributed by atoms with Crippen molar-refractivity contribution in [2.75, 3.05) is 17.7 Å². The molecule has 156 valence electrons. The summed E-state index contributed by atoms with van der Waals surface area (Å²) in [5, 5.41) is 16.6. The lowest BCUT2D eigenvalue weighted by Crippen LogP contribution is -2.08. The van der Waals surface area contributed by atoms with Crippen molar-refractivity contribution in [2.45, 2.75) is 13.5 Å². The van der Waals surface area contributed by atoms with Crippen LogP contribution in [-0.2, 0) is 6.54 Å². The summed E-state index contributed by atoms with van der Waals surface area (Å²) in [5.74, 6) is 1.15. The van der Waals surface area contributed by atoms with E-state index in [4.69, 9.17) is 4.74 Å². The summed E-state index contributed by atoms with van der Waals surface area (Å²) >= 11 is 0. The Morgan fingerprint density at radius 2 is 1.94 bits per heavy atom. The number of hydrogen-bond acceptors (Lipinski definition) is 5. The molecule has 1 amide bonds. The molecule has 0 saturated heterocycles. The van der Waals surface area contributed by atoms with Crippen molar-refractivity contribution in [3.63, 3.8) is 0 Å². The molecule has 7 heteroatoms. The Morgan fingerprint density at radius 3 is 2.71 bits per heavy atom. The molecule has 7 nitrogen and oxygen atoms in total. The van der Waals surface area contributed by atoms with Crippen LogP contribution in [0.4, 0.5) is 16.4 Å². The summed E-state index contributed by atoms with van der Waals surface area (Å²) in [6.45, 7) is 2.68. The summed E-state index contributed by atoms with van der Waals surface area (Å²) in [6, 6.07) is 19.2. The van der Waals surface area contributed by atoms with E-state index in [1.807, 2.05) is 30.3 Å². The van der Waals surface area contributed by atoms with Crippen LogP contribution < -0.4 is 15.4 Å². The second-order valence-electron chi connectivity index (χ2n) is 7.09. The zero-order valence-electron chi connectivity index (χ0n) is 17.2. The molecular weight excluding hydrogens is 392 g/mol. The number of fused-ring (bicyclic) bond motifs is 1. The molecule has 31 heavy (non-hydrogen) atoms. The molecule has 0 aliphatic heterocycles. The molecule has 4 rings (SSSR count). The molecule has 0 aliphatic carbocycles. The predicted molar refractivity (Wildman–Crippen MR) is 122 cm³/mol. The molecule has 1 heterocycles. The summed E-state index contributed by atoms with van der Waals surface area (Å²) in [4.78, 5) is 20.3. The van der Waals surface area contributed by atoms with E-state index >= 15 is 0 Å². The Labute approximate surface area is 179 Å². The van der Waals surface area contributed by atoms with E-state index in [1.165, 1.54) is 11.1 Å². The van der Waals surface area contributed by atoms with Gasteiger partial charge < -0.3 is 15.2 Å². The van der Waals surface area contributed by atoms with Gasteiger partial charge in [-0.25, -0.2) is 14.8 Å². The zero-order chi connectivity index (χ0) is 21.8. The van der Waals surface area contributed by atoms with Gasteiger partial charge >= 0.3 is 6.09 Å². The first-order valence-corrected chi connectivity index (χ1v) is 9.77. The lowest BCUT2D eigenvalue weighted by molar-refractivity contribution is 0.210. The van der Waals surface area contributed by atoms with Crippen LogP contribution in [0.1, 0.15) is 11.1 Å². The third-order valence-electron chi connectivity index (χ3n) is 5.05. The van der Waals surface area contributed by atoms with Gasteiger partial charge in [0, 0.05) is 23.7 Å². The Hall–Kier alpha value is -4.13. The average Bonchev–Trinajstić information content (AvgIpc) is 2.78. The molecule has 0 saturated carbocycles. The standard InChI is InChI=1S/C24H22N4O3/c1-15-5-3-4-6-17(15)14-26-23-25-10-9-21(27-23)18-11-16-7-8-19(31-2)13-20(16)22(12-18)28-24(29)30/h3-13,28H,14H2,1-2H3,(H,29,30)(H,25,26,27). The third-order valence-corrected chi connectivity index (χ3v) is 5.05. The molecule has 0 radical (unpaired) electrons. The molecule has 0 bridgehead atoms. The number of rotatable bonds is 6. The second-order valence-corrected chi connectivity index (χ2v) is 7.09. The van der Waals surface area contributed by atoms with Crippen LogP contribution in [-0.4, -0.2) is 28.3 Å². The Morgan fingerprint density at radius 1 is 1.10 bits per heavy atom. The van der Waals surface area contributed by atoms with Crippen LogP contribution in [0.3, 0.4) is 0 Å². The lowest BCUT2D eigenvalue weighted by atomic mass is 10.0. The molecule has 0 unspecified atom stereocenters. The van der Waals surface area contributed by atoms with Crippen molar-refractivity contribution >= 4 is 28.5 Å². The fourth-order valence-electron chi connectivity index (χ4n) is 3.42. The smallest absolute Gasteiger partial charge is 0.409 e. The summed E-state index contributed by atoms with van der Waals surface area (Å²) in [6.07, 6.45) is 0.551. The molecular formula is C24H22N4O3. The normalized spacial score (nSPS) is 10.6. The molecule has 0 aliphatic rings. The number of nitrogens with one attached hydrogen (secondary N) is 2. The van der Waals surface area contributed by atoms with Gasteiger partial charge in [0.05, 0.1) is 18.5 Å². The van der Waals surface area contributed by atoms with Gasteiger partial charge in [-0.05, 0) is 53.8 Å². The van der Waals surface area contributed by atoms with Gasteiger partial charge in [0.2, 0.25) is 5.95 Å². The van der Waals surface area contributed by atoms with Crippen LogP contribution in [0, 0.1) is 6.92 Å². The van der Waals surface area contributed by atoms with E-state index in [9.17, 15) is 9.90 Å². The SMILES string of the molecule is COc1ccc2cc(-c3ccnc(NCc4ccccc4C)n3)cc(NC(=O)O)c2c1. The highest BCUT2D eigenvalue weighted by molar-refractivity contribution is 6.02. The quantitative estimate of drug-likeness (QED) is 0.395. The van der Waals surface area contributed by atoms with E-state index in [2.05, 4.69) is 39.7 Å². The molecule has 0 spiro atoms. The molecule has 0 atom stereocenters. The number of aromatic nitrogens is 2. The topological polar surface area (TPSA) is 96.4 Å². The van der Waals surface area contributed by atoms with Crippen LogP contribution >= 0.6 is 0 Å². The van der Waals surface area contributed by atoms with Crippen molar-refractivity contribution in [3.8, 4) is 17.0 Å². The fourth-order valence-corrected chi connectivity index (χ4v) is 3.42. The zero-order valence-corrected chi connectivity index (χ0v) is 17.2. The largest absolute Gasteiger partial charge is 0.497 e. The first-order valence-electron chi connectivity index (χ1n) is 9.77. The maximum atomic E-state index is 11.3. The monoisotopic (exact) mass is 414 g/mol. The van der Waals surface area contributed by atoms with E-state index in [1.54, 1.807) is 31.5 Å². The highest BCUT2D eigenvalue weighted by Gasteiger charge is 2.11. The maximum Gasteiger partial charge on any atom is 0.409 e. The highest BCUT2D eigenvalue weighted by atomic mass is 16.5. The van der Waals surface area contributed by atoms with Gasteiger partial charge in [0.15, 0.2) is 0 Å². The Balaban J connectivity index is 1.68. The van der Waals surface area contributed by atoms with E-state index < -0.39 is 6.09 Å². The average molecular weight is 414 g/mol. The number of methoxy groups -OCH3 is 1. The summed E-state index contributed by atoms with van der Waals surface area (Å²) < 4.78 is 5.28. The van der Waals surface area contributed by atoms with Crippen LogP contribution in [0.2, 0.25) is 0 Å². The number of ether oxygens (including phenoxy) is 1. The second kappa shape index (κ2) is 8.71. The van der Waals surface area contributed by atoms with Crippen molar-refractivity contribution < 1.29 is 14.6 Å². The minimum atomic E-state index is -1.13. The lowest BCUT2D eigenvalue weighted by Gasteiger charge is -2.12. The predicted octanol–water partition coefficient (Wildman–Crippen LogP) is 5.32. The molecule has 4 aromatic rings. The molecule has 3 aromatic carbocycles. The number of carbonyl (C=O) groups is 1. The van der Waals surface area contributed by atoms with Gasteiger partial charge in [-0.1, -0.05) is 30.3 Å². The minimum Gasteiger partial charge on any atom is -0.497 e. The summed E-state index contributed by atoms with van der Waals surface area (Å²) in [5.41, 5.74) is 4.30. The van der Waals surface area contributed by atoms with Gasteiger partial charge in [0.25, 0.3) is 0 Å². The van der Waals surface area contributed by atoms with E-state index in [-0.39, 0.29) is 0 Å². The van der Waals surface area contributed by atoms with Gasteiger partial charge in [-0.2, -0.15) is 0 Å². The number of carboxylic acid groups (broad SMARTS) is 1. The van der Waals surface area contributed by atoms with Crippen molar-refractivity contribution in [1.82, 2.24) is 9.97 Å². The van der Waals surface area contributed by atoms with Crippen molar-refractivity contribution in [1.29, 1.82) is 0 Å². The maximum absolute atomic E-state index is 11.3. The van der Waals surface area contributed by atoms with E-state index in [0.717, 1.165) is 16.3 Å². The summed E-state index contributed by atoms with van der Waals surface area (Å²) in [7, 11) is 1.58. The highest BCUT2D eigenvalue weighted by Crippen LogP contribution is 2.33. The molecule has 0 fully saturated rings. The number of hydrogen-bond donors (Lipinski definition) is 3. The van der Waals surface area contributed by atoms with E-state index in [0.29, 0.717) is 29.6 Å². The molecule has 1 aromatic heterocycles. The number of amides is 1. The first kappa shape index (κ1) is 20.2. The van der Waals surface area contributed by atoms with Crippen LogP contribution in [0.5, 0.6) is 5.75 Å². The number of nitrogens with zero attached hydrogens (tertiary/aromatic N) is 2. The number of anilines is 2. The van der Waals surface area contributed by atoms with Crippen molar-refractivity contribution in [3.05, 3.63) is 78.0 Å². The minimum absolute atomic E-state index is 0.465.